The number of rotatable bonds is 5. The van der Waals surface area contributed by atoms with Crippen molar-refractivity contribution in [3.8, 4) is 0 Å². The summed E-state index contributed by atoms with van der Waals surface area (Å²) < 4.78 is 31.6. The zero-order chi connectivity index (χ0) is 29.2. The van der Waals surface area contributed by atoms with Gasteiger partial charge in [0.1, 0.15) is 24.4 Å². The molecule has 39 heavy (non-hydrogen) atoms. The Balaban J connectivity index is 1.99. The van der Waals surface area contributed by atoms with Gasteiger partial charge in [0, 0.05) is 60.6 Å². The molecule has 11 heteroatoms. The lowest BCUT2D eigenvalue weighted by molar-refractivity contribution is -0.365. The number of ether oxygens (including phenoxy) is 5. The number of esters is 4. The fourth-order valence-corrected chi connectivity index (χ4v) is 10.5. The standard InChI is InChI=1S/C28H40BrIO9/c1-12-17(35-13(2)31)9-19(29)28(8)21(12)20-22-18(36-14(3)32)10-26(6,39-27(22,7)11-30)23(20)24(37-15(4)33)25(28)38-16(5)34/h12,17-25H,9-11H2,1-8H3/t12-,17-,18-,19-,20-,21+,22+,23-,24-,25+,26-,27+,28+/m1/s1. The fourth-order valence-electron chi connectivity index (χ4n) is 8.93. The second-order valence-corrected chi connectivity index (χ2v) is 14.4. The number of halogens is 2. The minimum absolute atomic E-state index is 0.129. The van der Waals surface area contributed by atoms with Crippen LogP contribution < -0.4 is 0 Å². The van der Waals surface area contributed by atoms with Gasteiger partial charge in [-0.1, -0.05) is 52.4 Å². The van der Waals surface area contributed by atoms with Crippen LogP contribution in [0.25, 0.3) is 0 Å². The molecule has 0 aromatic carbocycles. The molecule has 5 fully saturated rings. The summed E-state index contributed by atoms with van der Waals surface area (Å²) >= 11 is 6.23. The average molecular weight is 727 g/mol. The van der Waals surface area contributed by atoms with Crippen LogP contribution in [0.3, 0.4) is 0 Å². The van der Waals surface area contributed by atoms with Crippen molar-refractivity contribution in [3.05, 3.63) is 0 Å². The molecule has 2 bridgehead atoms. The average Bonchev–Trinajstić information content (AvgIpc) is 2.77. The molecular formula is C28H40BrIO9. The van der Waals surface area contributed by atoms with Crippen LogP contribution in [-0.4, -0.2) is 68.7 Å². The van der Waals surface area contributed by atoms with Gasteiger partial charge in [0.15, 0.2) is 0 Å². The number of carbonyl (C=O) groups excluding carboxylic acids is 4. The second-order valence-electron chi connectivity index (χ2n) is 12.5. The molecule has 2 aliphatic heterocycles. The predicted octanol–water partition coefficient (Wildman–Crippen LogP) is 4.39. The van der Waals surface area contributed by atoms with E-state index in [1.807, 2.05) is 6.92 Å². The highest BCUT2D eigenvalue weighted by Gasteiger charge is 2.77. The van der Waals surface area contributed by atoms with Crippen molar-refractivity contribution < 1.29 is 42.9 Å². The Bertz CT molecular complexity index is 1040. The van der Waals surface area contributed by atoms with Gasteiger partial charge >= 0.3 is 23.9 Å². The van der Waals surface area contributed by atoms with E-state index in [0.29, 0.717) is 17.3 Å². The van der Waals surface area contributed by atoms with Crippen molar-refractivity contribution in [3.63, 3.8) is 0 Å². The van der Waals surface area contributed by atoms with Crippen molar-refractivity contribution in [1.29, 1.82) is 0 Å². The summed E-state index contributed by atoms with van der Waals surface area (Å²) in [6, 6.07) is 0. The summed E-state index contributed by atoms with van der Waals surface area (Å²) in [7, 11) is 0. The zero-order valence-corrected chi connectivity index (χ0v) is 27.6. The third-order valence-electron chi connectivity index (χ3n) is 9.87. The molecule has 2 heterocycles. The molecule has 9 nitrogen and oxygen atoms in total. The monoisotopic (exact) mass is 726 g/mol. The van der Waals surface area contributed by atoms with E-state index in [-0.39, 0.29) is 52.5 Å². The lowest BCUT2D eigenvalue weighted by atomic mass is 9.40. The summed E-state index contributed by atoms with van der Waals surface area (Å²) in [6.07, 6.45) is -1.40. The quantitative estimate of drug-likeness (QED) is 0.176. The van der Waals surface area contributed by atoms with Crippen molar-refractivity contribution in [1.82, 2.24) is 0 Å². The van der Waals surface area contributed by atoms with E-state index in [1.165, 1.54) is 27.7 Å². The molecular weight excluding hydrogens is 687 g/mol. The summed E-state index contributed by atoms with van der Waals surface area (Å²) in [6.45, 7) is 13.8. The second kappa shape index (κ2) is 10.7. The van der Waals surface area contributed by atoms with Crippen LogP contribution in [0.2, 0.25) is 0 Å². The van der Waals surface area contributed by atoms with Crippen molar-refractivity contribution in [2.24, 2.45) is 35.0 Å². The van der Waals surface area contributed by atoms with Crippen molar-refractivity contribution in [2.75, 3.05) is 4.43 Å². The summed E-state index contributed by atoms with van der Waals surface area (Å²) in [4.78, 5) is 49.3. The predicted molar refractivity (Wildman–Crippen MR) is 152 cm³/mol. The zero-order valence-electron chi connectivity index (χ0n) is 23.8. The van der Waals surface area contributed by atoms with Crippen LogP contribution in [0.15, 0.2) is 0 Å². The Morgan fingerprint density at radius 1 is 0.846 bits per heavy atom. The van der Waals surface area contributed by atoms with Crippen LogP contribution in [0.1, 0.15) is 68.2 Å². The molecule has 0 unspecified atom stereocenters. The highest BCUT2D eigenvalue weighted by Crippen LogP contribution is 2.70. The summed E-state index contributed by atoms with van der Waals surface area (Å²) in [5.74, 6) is -2.67. The minimum atomic E-state index is -0.852. The SMILES string of the molecule is CC(=O)O[C@@H]1[C@H]2[C@H]([C@@H]3[C@H](C)[C@H](OC(C)=O)C[C@@H](Br)[C@]3(C)[C@H]1OC(C)=O)[C@@H]1[C@H](OC(C)=O)C[C@@]2(C)O[C@@]1(C)CI. The number of alkyl halides is 2. The Hall–Kier alpha value is -0.950. The van der Waals surface area contributed by atoms with E-state index < -0.39 is 46.9 Å². The number of fused-ring (bicyclic) bond motifs is 3. The maximum atomic E-state index is 12.6. The molecule has 13 atom stereocenters. The van der Waals surface area contributed by atoms with E-state index in [2.05, 4.69) is 59.3 Å². The Kier molecular flexibility index (Phi) is 8.51. The van der Waals surface area contributed by atoms with Gasteiger partial charge in [0.2, 0.25) is 0 Å². The van der Waals surface area contributed by atoms with Crippen LogP contribution >= 0.6 is 38.5 Å². The molecule has 0 amide bonds. The first kappa shape index (κ1) is 31.0. The molecule has 0 aromatic rings. The third kappa shape index (κ3) is 5.04. The fraction of sp³-hybridized carbons (Fsp3) is 0.857. The van der Waals surface area contributed by atoms with Gasteiger partial charge in [-0.3, -0.25) is 19.2 Å². The Morgan fingerprint density at radius 2 is 1.38 bits per heavy atom. The molecule has 0 aromatic heterocycles. The Labute approximate surface area is 252 Å². The van der Waals surface area contributed by atoms with Gasteiger partial charge in [-0.05, 0) is 38.0 Å². The van der Waals surface area contributed by atoms with E-state index in [4.69, 9.17) is 23.7 Å². The summed E-state index contributed by atoms with van der Waals surface area (Å²) in [5.41, 5.74) is -2.19. The maximum absolute atomic E-state index is 12.6. The smallest absolute Gasteiger partial charge is 0.303 e. The van der Waals surface area contributed by atoms with Gasteiger partial charge in [-0.25, -0.2) is 0 Å². The maximum Gasteiger partial charge on any atom is 0.303 e. The molecule has 0 N–H and O–H groups in total. The number of carbonyl (C=O) groups is 4. The third-order valence-corrected chi connectivity index (χ3v) is 12.7. The van der Waals surface area contributed by atoms with Crippen LogP contribution in [-0.2, 0) is 42.9 Å². The van der Waals surface area contributed by atoms with Crippen LogP contribution in [0.5, 0.6) is 0 Å². The lowest BCUT2D eigenvalue weighted by Crippen LogP contribution is -2.80. The highest BCUT2D eigenvalue weighted by atomic mass is 127. The summed E-state index contributed by atoms with van der Waals surface area (Å²) in [5, 5.41) is 0. The molecule has 5 rings (SSSR count). The van der Waals surface area contributed by atoms with Crippen LogP contribution in [0, 0.1) is 35.0 Å². The van der Waals surface area contributed by atoms with E-state index in [0.717, 1.165) is 0 Å². The van der Waals surface area contributed by atoms with E-state index in [1.54, 1.807) is 0 Å². The lowest BCUT2D eigenvalue weighted by Gasteiger charge is -2.73. The molecule has 3 saturated carbocycles. The van der Waals surface area contributed by atoms with E-state index in [9.17, 15) is 19.2 Å². The Morgan fingerprint density at radius 3 is 1.90 bits per heavy atom. The first-order chi connectivity index (χ1) is 18.0. The van der Waals surface area contributed by atoms with Crippen molar-refractivity contribution in [2.45, 2.75) is 109 Å². The van der Waals surface area contributed by atoms with Gasteiger partial charge in [-0.2, -0.15) is 0 Å². The largest absolute Gasteiger partial charge is 0.462 e. The topological polar surface area (TPSA) is 114 Å². The molecule has 2 saturated heterocycles. The highest BCUT2D eigenvalue weighted by molar-refractivity contribution is 14.1. The first-order valence-electron chi connectivity index (χ1n) is 13.6. The van der Waals surface area contributed by atoms with Crippen molar-refractivity contribution >= 4 is 62.4 Å². The number of hydrogen-bond acceptors (Lipinski definition) is 9. The van der Waals surface area contributed by atoms with Gasteiger partial charge in [0.05, 0.1) is 11.2 Å². The van der Waals surface area contributed by atoms with Gasteiger partial charge in [-0.15, -0.1) is 0 Å². The molecule has 0 spiro atoms. The van der Waals surface area contributed by atoms with Gasteiger partial charge in [0.25, 0.3) is 0 Å². The molecule has 0 radical (unpaired) electrons. The van der Waals surface area contributed by atoms with E-state index >= 15 is 0 Å². The first-order valence-corrected chi connectivity index (χ1v) is 16.0. The number of hydrogen-bond donors (Lipinski definition) is 0. The normalized spacial score (nSPS) is 48.3. The van der Waals surface area contributed by atoms with Gasteiger partial charge < -0.3 is 23.7 Å². The molecule has 3 aliphatic carbocycles. The molecule has 220 valence electrons. The van der Waals surface area contributed by atoms with Crippen LogP contribution in [0.4, 0.5) is 0 Å². The molecule has 5 aliphatic rings. The minimum Gasteiger partial charge on any atom is -0.462 e.